The van der Waals surface area contributed by atoms with E-state index < -0.39 is 32.4 Å². The fraction of sp³-hybridized carbons (Fsp3) is 0.294. The van der Waals surface area contributed by atoms with Gasteiger partial charge in [0, 0.05) is 19.0 Å². The van der Waals surface area contributed by atoms with E-state index in [1.54, 1.807) is 0 Å². The van der Waals surface area contributed by atoms with E-state index in [1.807, 2.05) is 30.3 Å². The SMILES string of the molecule is NC[C@@H]1CN(S(=O)(=O)c2ccc(F)c(F)c2F)C[C@H]1c1ccccc1. The molecule has 2 aromatic carbocycles. The lowest BCUT2D eigenvalue weighted by atomic mass is 9.89. The molecule has 0 spiro atoms. The van der Waals surface area contributed by atoms with Crippen LogP contribution in [-0.2, 0) is 10.0 Å². The van der Waals surface area contributed by atoms with E-state index in [0.717, 1.165) is 15.9 Å². The lowest BCUT2D eigenvalue weighted by Gasteiger charge is -2.17. The summed E-state index contributed by atoms with van der Waals surface area (Å²) in [6.07, 6.45) is 0. The molecule has 0 aromatic heterocycles. The number of rotatable bonds is 4. The molecule has 2 aromatic rings. The molecule has 2 N–H and O–H groups in total. The number of hydrogen-bond donors (Lipinski definition) is 1. The zero-order valence-electron chi connectivity index (χ0n) is 13.2. The van der Waals surface area contributed by atoms with Crippen molar-refractivity contribution >= 4 is 10.0 Å². The second kappa shape index (κ2) is 6.78. The van der Waals surface area contributed by atoms with Crippen LogP contribution in [0.4, 0.5) is 13.2 Å². The van der Waals surface area contributed by atoms with Crippen molar-refractivity contribution in [2.24, 2.45) is 11.7 Å². The Labute approximate surface area is 144 Å². The smallest absolute Gasteiger partial charge is 0.246 e. The van der Waals surface area contributed by atoms with Gasteiger partial charge in [-0.3, -0.25) is 0 Å². The van der Waals surface area contributed by atoms with Crippen LogP contribution in [0.25, 0.3) is 0 Å². The van der Waals surface area contributed by atoms with Gasteiger partial charge in [0.05, 0.1) is 0 Å². The summed E-state index contributed by atoms with van der Waals surface area (Å²) >= 11 is 0. The second-order valence-corrected chi connectivity index (χ2v) is 7.91. The lowest BCUT2D eigenvalue weighted by molar-refractivity contribution is 0.420. The maximum Gasteiger partial charge on any atom is 0.246 e. The van der Waals surface area contributed by atoms with Crippen LogP contribution in [0, 0.1) is 23.4 Å². The van der Waals surface area contributed by atoms with Gasteiger partial charge in [-0.25, -0.2) is 21.6 Å². The highest BCUT2D eigenvalue weighted by molar-refractivity contribution is 7.89. The first-order valence-corrected chi connectivity index (χ1v) is 9.19. The van der Waals surface area contributed by atoms with Gasteiger partial charge in [0.1, 0.15) is 4.90 Å². The predicted molar refractivity (Wildman–Crippen MR) is 86.8 cm³/mol. The maximum atomic E-state index is 14.0. The zero-order valence-corrected chi connectivity index (χ0v) is 14.0. The van der Waals surface area contributed by atoms with Gasteiger partial charge in [-0.15, -0.1) is 0 Å². The van der Waals surface area contributed by atoms with Gasteiger partial charge in [0.15, 0.2) is 17.5 Å². The number of sulfonamides is 1. The molecule has 134 valence electrons. The van der Waals surface area contributed by atoms with Crippen molar-refractivity contribution in [2.45, 2.75) is 10.8 Å². The Kier molecular flexibility index (Phi) is 4.86. The summed E-state index contributed by atoms with van der Waals surface area (Å²) < 4.78 is 67.0. The molecule has 0 unspecified atom stereocenters. The Balaban J connectivity index is 1.95. The van der Waals surface area contributed by atoms with Crippen LogP contribution in [0.3, 0.4) is 0 Å². The minimum atomic E-state index is -4.30. The summed E-state index contributed by atoms with van der Waals surface area (Å²) in [7, 11) is -4.30. The quantitative estimate of drug-likeness (QED) is 0.841. The monoisotopic (exact) mass is 370 g/mol. The first-order chi connectivity index (χ1) is 11.9. The Morgan fingerprint density at radius 3 is 2.32 bits per heavy atom. The zero-order chi connectivity index (χ0) is 18.2. The Hall–Kier alpha value is -1.90. The van der Waals surface area contributed by atoms with E-state index in [-0.39, 0.29) is 31.5 Å². The molecule has 0 bridgehead atoms. The van der Waals surface area contributed by atoms with Crippen LogP contribution in [0.1, 0.15) is 11.5 Å². The fourth-order valence-electron chi connectivity index (χ4n) is 3.19. The fourth-order valence-corrected chi connectivity index (χ4v) is 4.77. The molecule has 0 aliphatic carbocycles. The Bertz CT molecular complexity index is 875. The molecule has 0 radical (unpaired) electrons. The van der Waals surface area contributed by atoms with Gasteiger partial charge < -0.3 is 5.73 Å². The summed E-state index contributed by atoms with van der Waals surface area (Å²) in [6.45, 7) is 0.454. The van der Waals surface area contributed by atoms with Crippen molar-refractivity contribution < 1.29 is 21.6 Å². The van der Waals surface area contributed by atoms with Crippen molar-refractivity contribution in [3.63, 3.8) is 0 Å². The minimum absolute atomic E-state index is 0.0941. The van der Waals surface area contributed by atoms with Crippen molar-refractivity contribution in [2.75, 3.05) is 19.6 Å². The predicted octanol–water partition coefficient (Wildman–Crippen LogP) is 2.47. The van der Waals surface area contributed by atoms with Crippen LogP contribution in [-0.4, -0.2) is 32.4 Å². The molecule has 0 amide bonds. The summed E-state index contributed by atoms with van der Waals surface area (Å²) in [5, 5.41) is 0. The number of halogens is 3. The van der Waals surface area contributed by atoms with Crippen LogP contribution in [0.5, 0.6) is 0 Å². The second-order valence-electron chi connectivity index (χ2n) is 6.01. The third-order valence-electron chi connectivity index (χ3n) is 4.56. The molecular formula is C17H17F3N2O2S. The summed E-state index contributed by atoms with van der Waals surface area (Å²) in [4.78, 5) is -0.865. The van der Waals surface area contributed by atoms with E-state index in [2.05, 4.69) is 0 Å². The Morgan fingerprint density at radius 1 is 1.00 bits per heavy atom. The van der Waals surface area contributed by atoms with Gasteiger partial charge in [-0.05, 0) is 30.2 Å². The molecule has 8 heteroatoms. The van der Waals surface area contributed by atoms with E-state index in [0.29, 0.717) is 6.07 Å². The first-order valence-electron chi connectivity index (χ1n) is 7.75. The molecule has 1 aliphatic rings. The molecule has 0 saturated carbocycles. The highest BCUT2D eigenvalue weighted by atomic mass is 32.2. The third kappa shape index (κ3) is 3.17. The van der Waals surface area contributed by atoms with Crippen LogP contribution in [0.2, 0.25) is 0 Å². The van der Waals surface area contributed by atoms with Crippen molar-refractivity contribution in [1.29, 1.82) is 0 Å². The average Bonchev–Trinajstić information content (AvgIpc) is 3.05. The van der Waals surface area contributed by atoms with Crippen LogP contribution < -0.4 is 5.73 Å². The number of nitrogens with zero attached hydrogens (tertiary/aromatic N) is 1. The topological polar surface area (TPSA) is 63.4 Å². The highest BCUT2D eigenvalue weighted by Gasteiger charge is 2.40. The van der Waals surface area contributed by atoms with E-state index >= 15 is 0 Å². The largest absolute Gasteiger partial charge is 0.330 e. The van der Waals surface area contributed by atoms with Gasteiger partial charge in [0.25, 0.3) is 0 Å². The van der Waals surface area contributed by atoms with Gasteiger partial charge in [-0.1, -0.05) is 30.3 Å². The first kappa shape index (κ1) is 17.9. The molecule has 4 nitrogen and oxygen atoms in total. The van der Waals surface area contributed by atoms with Crippen LogP contribution in [0.15, 0.2) is 47.4 Å². The summed E-state index contributed by atoms with van der Waals surface area (Å²) in [5.74, 6) is -5.22. The minimum Gasteiger partial charge on any atom is -0.330 e. The van der Waals surface area contributed by atoms with Gasteiger partial charge >= 0.3 is 0 Å². The Morgan fingerprint density at radius 2 is 1.68 bits per heavy atom. The average molecular weight is 370 g/mol. The van der Waals surface area contributed by atoms with Gasteiger partial charge in [0.2, 0.25) is 10.0 Å². The molecule has 1 heterocycles. The molecule has 1 saturated heterocycles. The number of nitrogens with two attached hydrogens (primary N) is 1. The van der Waals surface area contributed by atoms with Crippen LogP contribution >= 0.6 is 0 Å². The lowest BCUT2D eigenvalue weighted by Crippen LogP contribution is -2.31. The standard InChI is InChI=1S/C17H17F3N2O2S/c18-14-6-7-15(17(20)16(14)19)25(23,24)22-9-12(8-21)13(10-22)11-4-2-1-3-5-11/h1-7,12-13H,8-10,21H2/t12-,13+/m1/s1. The van der Waals surface area contributed by atoms with E-state index in [4.69, 9.17) is 5.73 Å². The number of benzene rings is 2. The van der Waals surface area contributed by atoms with Gasteiger partial charge in [-0.2, -0.15) is 4.31 Å². The maximum absolute atomic E-state index is 14.0. The molecule has 25 heavy (non-hydrogen) atoms. The van der Waals surface area contributed by atoms with Crippen molar-refractivity contribution in [3.8, 4) is 0 Å². The highest BCUT2D eigenvalue weighted by Crippen LogP contribution is 2.35. The molecule has 1 aliphatic heterocycles. The van der Waals surface area contributed by atoms with Crippen molar-refractivity contribution in [3.05, 3.63) is 65.5 Å². The van der Waals surface area contributed by atoms with Crippen molar-refractivity contribution in [1.82, 2.24) is 4.31 Å². The summed E-state index contributed by atoms with van der Waals surface area (Å²) in [6, 6.07) is 10.6. The number of hydrogen-bond acceptors (Lipinski definition) is 3. The molecular weight excluding hydrogens is 353 g/mol. The van der Waals surface area contributed by atoms with E-state index in [9.17, 15) is 21.6 Å². The molecule has 1 fully saturated rings. The summed E-state index contributed by atoms with van der Waals surface area (Å²) in [5.41, 5.74) is 6.71. The molecule has 3 rings (SSSR count). The van der Waals surface area contributed by atoms with E-state index in [1.165, 1.54) is 0 Å². The third-order valence-corrected chi connectivity index (χ3v) is 6.40. The molecule has 2 atom stereocenters. The normalized spacial score (nSPS) is 21.6.